The Kier molecular flexibility index (Phi) is 3.77. The van der Waals surface area contributed by atoms with Gasteiger partial charge in [-0.05, 0) is 42.2 Å². The number of hydrogen-bond acceptors (Lipinski definition) is 1. The van der Waals surface area contributed by atoms with Gasteiger partial charge in [-0.3, -0.25) is 0 Å². The second kappa shape index (κ2) is 6.00. The van der Waals surface area contributed by atoms with Crippen LogP contribution in [0.15, 0.2) is 53.1 Å². The predicted molar refractivity (Wildman–Crippen MR) is 105 cm³/mol. The summed E-state index contributed by atoms with van der Waals surface area (Å²) in [6.45, 7) is 14.0. The molecular weight excluding hydrogens is 320 g/mol. The van der Waals surface area contributed by atoms with Gasteiger partial charge >= 0.3 is 0 Å². The van der Waals surface area contributed by atoms with Crippen molar-refractivity contribution < 1.29 is 8.98 Å². The number of aryl methyl sites for hydroxylation is 2. The molecule has 2 aromatic heterocycles. The quantitative estimate of drug-likeness (QED) is 0.321. The largest absolute Gasteiger partial charge is 0.457 e. The lowest BCUT2D eigenvalue weighted by Gasteiger charge is -2.06. The van der Waals surface area contributed by atoms with Gasteiger partial charge in [0, 0.05) is 28.5 Å². The zero-order valence-corrected chi connectivity index (χ0v) is 15.5. The first-order valence-corrected chi connectivity index (χ1v) is 8.83. The van der Waals surface area contributed by atoms with Crippen LogP contribution in [0, 0.1) is 13.5 Å². The van der Waals surface area contributed by atoms with E-state index in [1.165, 1.54) is 0 Å². The van der Waals surface area contributed by atoms with Gasteiger partial charge in [0.25, 0.3) is 0 Å². The Labute approximate surface area is 153 Å². The monoisotopic (exact) mass is 341 g/mol. The number of aromatic nitrogens is 1. The number of furan rings is 1. The molecule has 2 heterocycles. The molecule has 3 heteroatoms. The Morgan fingerprint density at radius 1 is 1.12 bits per heavy atom. The van der Waals surface area contributed by atoms with Crippen molar-refractivity contribution in [3.05, 3.63) is 71.2 Å². The van der Waals surface area contributed by atoms with Crippen molar-refractivity contribution in [2.45, 2.75) is 26.7 Å². The van der Waals surface area contributed by atoms with E-state index in [1.807, 2.05) is 37.5 Å². The summed E-state index contributed by atoms with van der Waals surface area (Å²) in [5, 5.41) is 1.94. The van der Waals surface area contributed by atoms with Crippen LogP contribution in [0.1, 0.15) is 30.9 Å². The van der Waals surface area contributed by atoms with E-state index in [-0.39, 0.29) is 0 Å². The third kappa shape index (κ3) is 2.38. The Hall–Kier alpha value is -3.12. The first-order valence-electron chi connectivity index (χ1n) is 8.83. The molecule has 3 nitrogen and oxygen atoms in total. The molecular formula is C23H21N2O+. The maximum Gasteiger partial charge on any atom is 0.212 e. The molecule has 0 saturated heterocycles. The molecule has 0 radical (unpaired) electrons. The fraction of sp³-hybridized carbons (Fsp3) is 0.217. The predicted octanol–water partition coefficient (Wildman–Crippen LogP) is 6.06. The molecule has 0 aliphatic carbocycles. The van der Waals surface area contributed by atoms with Gasteiger partial charge < -0.3 is 4.42 Å². The average Bonchev–Trinajstić information content (AvgIpc) is 2.98. The summed E-state index contributed by atoms with van der Waals surface area (Å²) in [4.78, 5) is 3.75. The van der Waals surface area contributed by atoms with Crippen molar-refractivity contribution in [3.63, 3.8) is 0 Å². The molecule has 0 unspecified atom stereocenters. The van der Waals surface area contributed by atoms with Gasteiger partial charge in [-0.2, -0.15) is 0 Å². The third-order valence-corrected chi connectivity index (χ3v) is 5.05. The molecule has 128 valence electrons. The molecule has 0 aliphatic heterocycles. The second-order valence-corrected chi connectivity index (χ2v) is 7.11. The molecule has 0 fully saturated rings. The second-order valence-electron chi connectivity index (χ2n) is 7.11. The molecule has 0 bridgehead atoms. The van der Waals surface area contributed by atoms with Gasteiger partial charge in [-0.1, -0.05) is 26.0 Å². The zero-order valence-electron chi connectivity index (χ0n) is 15.5. The van der Waals surface area contributed by atoms with Crippen LogP contribution in [0.3, 0.4) is 0 Å². The molecule has 4 rings (SSSR count). The SMILES string of the molecule is [C-]#[N+]c1ccc(C(C)C)c2oc3cc(C)c(-c4cccc[n+]4C)cc3c12. The normalized spacial score (nSPS) is 11.4. The van der Waals surface area contributed by atoms with Crippen LogP contribution in [0.5, 0.6) is 0 Å². The highest BCUT2D eigenvalue weighted by Gasteiger charge is 2.20. The van der Waals surface area contributed by atoms with Gasteiger partial charge in [0.1, 0.15) is 18.2 Å². The maximum atomic E-state index is 7.59. The summed E-state index contributed by atoms with van der Waals surface area (Å²) in [6.07, 6.45) is 2.05. The van der Waals surface area contributed by atoms with Crippen molar-refractivity contribution in [2.24, 2.45) is 7.05 Å². The van der Waals surface area contributed by atoms with E-state index in [2.05, 4.69) is 48.4 Å². The number of pyridine rings is 1. The fourth-order valence-electron chi connectivity index (χ4n) is 3.66. The van der Waals surface area contributed by atoms with Crippen LogP contribution in [-0.2, 0) is 7.05 Å². The summed E-state index contributed by atoms with van der Waals surface area (Å²) in [5.74, 6) is 0.338. The highest BCUT2D eigenvalue weighted by atomic mass is 16.3. The lowest BCUT2D eigenvalue weighted by atomic mass is 9.97. The minimum absolute atomic E-state index is 0.338. The van der Waals surface area contributed by atoms with Crippen molar-refractivity contribution >= 4 is 27.6 Å². The molecule has 0 amide bonds. The van der Waals surface area contributed by atoms with Gasteiger partial charge in [-0.25, -0.2) is 9.41 Å². The van der Waals surface area contributed by atoms with E-state index in [9.17, 15) is 0 Å². The van der Waals surface area contributed by atoms with E-state index in [0.29, 0.717) is 11.6 Å². The molecule has 0 atom stereocenters. The topological polar surface area (TPSA) is 21.4 Å². The number of hydrogen-bond donors (Lipinski definition) is 0. The Balaban J connectivity index is 2.13. The van der Waals surface area contributed by atoms with Crippen LogP contribution >= 0.6 is 0 Å². The lowest BCUT2D eigenvalue weighted by molar-refractivity contribution is -0.660. The zero-order chi connectivity index (χ0) is 18.4. The molecule has 0 aliphatic rings. The number of fused-ring (bicyclic) bond motifs is 3. The van der Waals surface area contributed by atoms with Gasteiger partial charge in [0.15, 0.2) is 11.9 Å². The summed E-state index contributed by atoms with van der Waals surface area (Å²) in [5.41, 5.74) is 6.95. The van der Waals surface area contributed by atoms with Crippen LogP contribution in [-0.4, -0.2) is 0 Å². The first-order chi connectivity index (χ1) is 12.5. The summed E-state index contributed by atoms with van der Waals surface area (Å²) in [6, 6.07) is 14.4. The van der Waals surface area contributed by atoms with Crippen molar-refractivity contribution in [1.29, 1.82) is 0 Å². The van der Waals surface area contributed by atoms with Crippen LogP contribution in [0.25, 0.3) is 38.0 Å². The van der Waals surface area contributed by atoms with Gasteiger partial charge in [0.05, 0.1) is 6.57 Å². The van der Waals surface area contributed by atoms with E-state index < -0.39 is 0 Å². The average molecular weight is 341 g/mol. The maximum absolute atomic E-state index is 7.59. The van der Waals surface area contributed by atoms with Crippen molar-refractivity contribution in [1.82, 2.24) is 0 Å². The summed E-state index contributed by atoms with van der Waals surface area (Å²) < 4.78 is 8.36. The Bertz CT molecular complexity index is 1190. The Morgan fingerprint density at radius 2 is 1.92 bits per heavy atom. The summed E-state index contributed by atoms with van der Waals surface area (Å²) in [7, 11) is 2.05. The first kappa shape index (κ1) is 16.4. The molecule has 0 N–H and O–H groups in total. The van der Waals surface area contributed by atoms with Gasteiger partial charge in [0.2, 0.25) is 5.69 Å². The van der Waals surface area contributed by atoms with Crippen LogP contribution in [0.2, 0.25) is 0 Å². The number of rotatable bonds is 2. The van der Waals surface area contributed by atoms with Crippen molar-refractivity contribution in [3.8, 4) is 11.3 Å². The Morgan fingerprint density at radius 3 is 2.62 bits per heavy atom. The van der Waals surface area contributed by atoms with Gasteiger partial charge in [-0.15, -0.1) is 0 Å². The smallest absolute Gasteiger partial charge is 0.212 e. The van der Waals surface area contributed by atoms with E-state index in [0.717, 1.165) is 44.3 Å². The minimum atomic E-state index is 0.338. The minimum Gasteiger partial charge on any atom is -0.457 e. The fourth-order valence-corrected chi connectivity index (χ4v) is 3.66. The molecule has 2 aromatic carbocycles. The van der Waals surface area contributed by atoms with E-state index >= 15 is 0 Å². The molecule has 0 spiro atoms. The highest BCUT2D eigenvalue weighted by Crippen LogP contribution is 2.41. The number of benzene rings is 2. The standard InChI is InChI=1S/C23H21N2O/c1-14(2)16-9-10-19(24-4)22-18-13-17(20-8-6-7-11-25(20)5)15(3)12-21(18)26-23(16)22/h6-14H,1-3,5H3/q+1. The molecule has 26 heavy (non-hydrogen) atoms. The summed E-state index contributed by atoms with van der Waals surface area (Å²) >= 11 is 0. The van der Waals surface area contributed by atoms with Crippen molar-refractivity contribution in [2.75, 3.05) is 0 Å². The van der Waals surface area contributed by atoms with E-state index in [1.54, 1.807) is 0 Å². The lowest BCUT2D eigenvalue weighted by Crippen LogP contribution is -2.30. The third-order valence-electron chi connectivity index (χ3n) is 5.05. The van der Waals surface area contributed by atoms with Crippen LogP contribution in [0.4, 0.5) is 5.69 Å². The van der Waals surface area contributed by atoms with E-state index in [4.69, 9.17) is 11.0 Å². The van der Waals surface area contributed by atoms with Crippen LogP contribution < -0.4 is 4.57 Å². The molecule has 4 aromatic rings. The highest BCUT2D eigenvalue weighted by molar-refractivity contribution is 6.13. The number of nitrogens with zero attached hydrogens (tertiary/aromatic N) is 2. The molecule has 0 saturated carbocycles.